The van der Waals surface area contributed by atoms with Gasteiger partial charge in [-0.25, -0.2) is 4.79 Å². The molecule has 0 fully saturated rings. The molecule has 0 saturated heterocycles. The number of benzene rings is 1. The molecule has 0 aliphatic heterocycles. The molecule has 0 radical (unpaired) electrons. The van der Waals surface area contributed by atoms with Crippen LogP contribution in [0.1, 0.15) is 42.3 Å². The van der Waals surface area contributed by atoms with Gasteiger partial charge < -0.3 is 4.74 Å². The second-order valence-corrected chi connectivity index (χ2v) is 6.61. The maximum absolute atomic E-state index is 12.4. The fourth-order valence-electron chi connectivity index (χ4n) is 2.14. The minimum Gasteiger partial charge on any atom is -0.458 e. The van der Waals surface area contributed by atoms with E-state index in [1.807, 2.05) is 19.1 Å². The summed E-state index contributed by atoms with van der Waals surface area (Å²) in [5.74, 6) is -1.03. The molecule has 1 aromatic carbocycles. The van der Waals surface area contributed by atoms with Crippen LogP contribution in [0.25, 0.3) is 0 Å². The number of halogens is 1. The van der Waals surface area contributed by atoms with Crippen molar-refractivity contribution in [2.24, 2.45) is 0 Å². The largest absolute Gasteiger partial charge is 0.458 e. The first kappa shape index (κ1) is 14.1. The Balaban J connectivity index is 2.34. The highest BCUT2D eigenvalue weighted by molar-refractivity contribution is 6.49. The summed E-state index contributed by atoms with van der Waals surface area (Å²) in [6.07, 6.45) is 0.192. The minimum atomic E-state index is -1.61. The molecule has 1 aliphatic rings. The average molecular weight is 281 g/mol. The maximum Gasteiger partial charge on any atom is 0.336 e. The number of hydrogen-bond acceptors (Lipinski definition) is 3. The summed E-state index contributed by atoms with van der Waals surface area (Å²) in [6, 6.07) is 5.52. The summed E-state index contributed by atoms with van der Waals surface area (Å²) in [6.45, 7) is 7.15. The Hall–Kier alpha value is -1.35. The van der Waals surface area contributed by atoms with Crippen LogP contribution in [0.5, 0.6) is 0 Å². The number of Topliss-reactive ketones (excluding diaryl/α,β-unsaturated/α-hetero) is 1. The molecule has 1 atom stereocenters. The van der Waals surface area contributed by atoms with Crippen molar-refractivity contribution in [1.29, 1.82) is 0 Å². The molecule has 0 bridgehead atoms. The van der Waals surface area contributed by atoms with Crippen LogP contribution in [0.15, 0.2) is 18.2 Å². The van der Waals surface area contributed by atoms with Gasteiger partial charge in [-0.3, -0.25) is 4.79 Å². The molecule has 102 valence electrons. The number of ether oxygens (including phenoxy) is 1. The normalized spacial score (nSPS) is 22.3. The highest BCUT2D eigenvalue weighted by Crippen LogP contribution is 2.37. The topological polar surface area (TPSA) is 43.4 Å². The fraction of sp³-hybridized carbons (Fsp3) is 0.467. The van der Waals surface area contributed by atoms with Crippen LogP contribution >= 0.6 is 11.6 Å². The number of aryl methyl sites for hydroxylation is 1. The van der Waals surface area contributed by atoms with E-state index in [2.05, 4.69) is 0 Å². The standard InChI is InChI=1S/C15H17ClO3/c1-9-5-6-10-8-15(16,12(17)11(10)7-9)13(18)19-14(2,3)4/h5-7H,8H2,1-4H3/t15-/m1/s1. The number of esters is 1. The molecule has 3 nitrogen and oxygen atoms in total. The van der Waals surface area contributed by atoms with Gasteiger partial charge in [0.2, 0.25) is 4.87 Å². The van der Waals surface area contributed by atoms with Gasteiger partial charge in [0.1, 0.15) is 5.60 Å². The van der Waals surface area contributed by atoms with E-state index >= 15 is 0 Å². The second-order valence-electron chi connectivity index (χ2n) is 5.97. The van der Waals surface area contributed by atoms with Gasteiger partial charge in [-0.05, 0) is 39.3 Å². The van der Waals surface area contributed by atoms with Crippen molar-refractivity contribution in [2.45, 2.75) is 44.6 Å². The monoisotopic (exact) mass is 280 g/mol. The zero-order chi connectivity index (χ0) is 14.4. The average Bonchev–Trinajstić information content (AvgIpc) is 2.51. The van der Waals surface area contributed by atoms with E-state index in [0.717, 1.165) is 11.1 Å². The lowest BCUT2D eigenvalue weighted by Gasteiger charge is -2.25. The third-order valence-corrected chi connectivity index (χ3v) is 3.49. The van der Waals surface area contributed by atoms with Crippen molar-refractivity contribution in [3.8, 4) is 0 Å². The van der Waals surface area contributed by atoms with Gasteiger partial charge in [0, 0.05) is 12.0 Å². The predicted molar refractivity (Wildman–Crippen MR) is 73.6 cm³/mol. The molecule has 0 spiro atoms. The molecular weight excluding hydrogens is 264 g/mol. The molecule has 4 heteroatoms. The van der Waals surface area contributed by atoms with Gasteiger partial charge in [0.15, 0.2) is 5.78 Å². The lowest BCUT2D eigenvalue weighted by atomic mass is 10.0. The molecule has 1 aliphatic carbocycles. The number of rotatable bonds is 1. The third kappa shape index (κ3) is 2.52. The van der Waals surface area contributed by atoms with Gasteiger partial charge >= 0.3 is 5.97 Å². The molecule has 0 amide bonds. The summed E-state index contributed by atoms with van der Waals surface area (Å²) in [5.41, 5.74) is 1.64. The number of alkyl halides is 1. The van der Waals surface area contributed by atoms with Crippen LogP contribution < -0.4 is 0 Å². The molecule has 1 aromatic rings. The first-order valence-electron chi connectivity index (χ1n) is 6.20. The van der Waals surface area contributed by atoms with Gasteiger partial charge in [-0.1, -0.05) is 29.3 Å². The summed E-state index contributed by atoms with van der Waals surface area (Å²) in [5, 5.41) is 0. The number of ketones is 1. The molecule has 2 rings (SSSR count). The molecule has 0 saturated carbocycles. The van der Waals surface area contributed by atoms with Crippen LogP contribution in [0.2, 0.25) is 0 Å². The van der Waals surface area contributed by atoms with Crippen molar-refractivity contribution >= 4 is 23.4 Å². The molecule has 0 unspecified atom stereocenters. The lowest BCUT2D eigenvalue weighted by molar-refractivity contribution is -0.156. The smallest absolute Gasteiger partial charge is 0.336 e. The maximum atomic E-state index is 12.4. The molecule has 19 heavy (non-hydrogen) atoms. The Kier molecular flexibility index (Phi) is 3.21. The fourth-order valence-corrected chi connectivity index (χ4v) is 2.42. The molecule has 0 aromatic heterocycles. The Bertz CT molecular complexity index is 557. The molecular formula is C15H17ClO3. The van der Waals surface area contributed by atoms with Crippen LogP contribution in [-0.2, 0) is 16.0 Å². The van der Waals surface area contributed by atoms with E-state index in [9.17, 15) is 9.59 Å². The van der Waals surface area contributed by atoms with Crippen molar-refractivity contribution in [3.05, 3.63) is 34.9 Å². The van der Waals surface area contributed by atoms with Crippen molar-refractivity contribution in [2.75, 3.05) is 0 Å². The van der Waals surface area contributed by atoms with Gasteiger partial charge in [0.25, 0.3) is 0 Å². The second kappa shape index (κ2) is 4.34. The molecule has 0 N–H and O–H groups in total. The van der Waals surface area contributed by atoms with Crippen LogP contribution in [0, 0.1) is 6.92 Å². The Labute approximate surface area is 117 Å². The van der Waals surface area contributed by atoms with Gasteiger partial charge in [0.05, 0.1) is 0 Å². The third-order valence-electron chi connectivity index (χ3n) is 3.03. The number of carbonyl (C=O) groups is 2. The quantitative estimate of drug-likeness (QED) is 0.451. The number of carbonyl (C=O) groups excluding carboxylic acids is 2. The van der Waals surface area contributed by atoms with Crippen LogP contribution in [0.4, 0.5) is 0 Å². The van der Waals surface area contributed by atoms with Crippen molar-refractivity contribution in [1.82, 2.24) is 0 Å². The van der Waals surface area contributed by atoms with Crippen LogP contribution in [0.3, 0.4) is 0 Å². The Morgan fingerprint density at radius 2 is 2.00 bits per heavy atom. The zero-order valence-electron chi connectivity index (χ0n) is 11.5. The van der Waals surface area contributed by atoms with E-state index in [-0.39, 0.29) is 12.2 Å². The highest BCUT2D eigenvalue weighted by Gasteiger charge is 2.52. The summed E-state index contributed by atoms with van der Waals surface area (Å²) in [4.78, 5) is 22.9. The summed E-state index contributed by atoms with van der Waals surface area (Å²) >= 11 is 6.27. The van der Waals surface area contributed by atoms with E-state index in [1.54, 1.807) is 26.8 Å². The zero-order valence-corrected chi connectivity index (χ0v) is 12.3. The summed E-state index contributed by atoms with van der Waals surface area (Å²) < 4.78 is 5.26. The van der Waals surface area contributed by atoms with Crippen LogP contribution in [-0.4, -0.2) is 22.2 Å². The summed E-state index contributed by atoms with van der Waals surface area (Å²) in [7, 11) is 0. The number of hydrogen-bond donors (Lipinski definition) is 0. The van der Waals surface area contributed by atoms with Gasteiger partial charge in [-0.15, -0.1) is 0 Å². The highest BCUT2D eigenvalue weighted by atomic mass is 35.5. The first-order valence-corrected chi connectivity index (χ1v) is 6.58. The van der Waals surface area contributed by atoms with Crippen molar-refractivity contribution < 1.29 is 14.3 Å². The van der Waals surface area contributed by atoms with E-state index < -0.39 is 16.4 Å². The van der Waals surface area contributed by atoms with E-state index in [1.165, 1.54) is 0 Å². The van der Waals surface area contributed by atoms with E-state index in [0.29, 0.717) is 5.56 Å². The SMILES string of the molecule is Cc1ccc2c(c1)C(=O)[C@@](Cl)(C(=O)OC(C)(C)C)C2. The number of fused-ring (bicyclic) bond motifs is 1. The lowest BCUT2D eigenvalue weighted by Crippen LogP contribution is -2.43. The Morgan fingerprint density at radius 1 is 1.37 bits per heavy atom. The Morgan fingerprint density at radius 3 is 2.58 bits per heavy atom. The van der Waals surface area contributed by atoms with Gasteiger partial charge in [-0.2, -0.15) is 0 Å². The minimum absolute atomic E-state index is 0.192. The predicted octanol–water partition coefficient (Wildman–Crippen LogP) is 3.05. The molecule has 0 heterocycles. The van der Waals surface area contributed by atoms with Crippen molar-refractivity contribution in [3.63, 3.8) is 0 Å². The van der Waals surface area contributed by atoms with E-state index in [4.69, 9.17) is 16.3 Å². The first-order chi connectivity index (χ1) is 8.63.